The summed E-state index contributed by atoms with van der Waals surface area (Å²) in [6.07, 6.45) is 0. The molecule has 1 aromatic carbocycles. The number of aromatic nitrogens is 2. The fourth-order valence-electron chi connectivity index (χ4n) is 2.63. The molecule has 2 rings (SSSR count). The molecule has 0 aliphatic rings. The summed E-state index contributed by atoms with van der Waals surface area (Å²) in [6, 6.07) is 3.98. The van der Waals surface area contributed by atoms with Gasteiger partial charge in [-0.25, -0.2) is 8.42 Å². The molecule has 0 aliphatic heterocycles. The molecule has 136 valence electrons. The van der Waals surface area contributed by atoms with Crippen LogP contribution in [0.2, 0.25) is 0 Å². The molecule has 1 heterocycles. The zero-order valence-electron chi connectivity index (χ0n) is 14.1. The number of nitrogens with zero attached hydrogens (tertiary/aromatic N) is 3. The molecule has 1 aromatic heterocycles. The molecule has 0 radical (unpaired) electrons. The van der Waals surface area contributed by atoms with E-state index in [1.165, 1.54) is 27.3 Å². The zero-order chi connectivity index (χ0) is 18.9. The monoisotopic (exact) mass is 368 g/mol. The number of fused-ring (bicyclic) bond motifs is 1. The molecule has 0 bridgehead atoms. The minimum Gasteiger partial charge on any atom is -0.549 e. The first kappa shape index (κ1) is 18.9. The van der Waals surface area contributed by atoms with Crippen molar-refractivity contribution in [1.82, 2.24) is 13.4 Å². The summed E-state index contributed by atoms with van der Waals surface area (Å²) in [4.78, 5) is 34.8. The molecule has 2 aromatic rings. The molecule has 0 saturated heterocycles. The standard InChI is InChI=1S/C15H19N3O6S/c1-4-17-11-7-6-10(25(23,24)16(3)9-13(19)20)8-12(11)18(5-2)15(22)14(17)21/h6-8H,4-5,9H2,1-3H3,(H,19,20)/p-1. The number of hydrogen-bond acceptors (Lipinski definition) is 6. The van der Waals surface area contributed by atoms with Gasteiger partial charge in [0.15, 0.2) is 0 Å². The third-order valence-corrected chi connectivity index (χ3v) is 5.69. The average Bonchev–Trinajstić information content (AvgIpc) is 2.55. The van der Waals surface area contributed by atoms with Crippen LogP contribution in [0.3, 0.4) is 0 Å². The third-order valence-electron chi connectivity index (χ3n) is 3.89. The van der Waals surface area contributed by atoms with Crippen LogP contribution in [-0.2, 0) is 27.9 Å². The SMILES string of the molecule is CCn1c(=O)c(=O)n(CC)c2cc(S(=O)(=O)N(C)CC(=O)[O-])ccc21. The Balaban J connectivity index is 2.80. The van der Waals surface area contributed by atoms with Crippen LogP contribution in [0.15, 0.2) is 32.7 Å². The van der Waals surface area contributed by atoms with E-state index in [9.17, 15) is 27.9 Å². The van der Waals surface area contributed by atoms with Crippen LogP contribution in [-0.4, -0.2) is 41.4 Å². The van der Waals surface area contributed by atoms with Gasteiger partial charge in [-0.15, -0.1) is 0 Å². The number of aryl methyl sites for hydroxylation is 2. The molecular formula is C15H18N3O6S-. The number of carbonyl (C=O) groups excluding carboxylic acids is 1. The Morgan fingerprint density at radius 3 is 2.08 bits per heavy atom. The van der Waals surface area contributed by atoms with Crippen LogP contribution in [0.1, 0.15) is 13.8 Å². The molecule has 0 fully saturated rings. The van der Waals surface area contributed by atoms with Gasteiger partial charge in [-0.3, -0.25) is 9.59 Å². The fourth-order valence-corrected chi connectivity index (χ4v) is 3.77. The molecule has 0 atom stereocenters. The van der Waals surface area contributed by atoms with Crippen molar-refractivity contribution in [2.24, 2.45) is 0 Å². The van der Waals surface area contributed by atoms with Gasteiger partial charge < -0.3 is 19.0 Å². The Kier molecular flexibility index (Phi) is 5.14. The maximum absolute atomic E-state index is 12.5. The van der Waals surface area contributed by atoms with Gasteiger partial charge in [0, 0.05) is 20.1 Å². The molecule has 0 aliphatic carbocycles. The third kappa shape index (κ3) is 3.22. The lowest BCUT2D eigenvalue weighted by atomic mass is 10.2. The maximum atomic E-state index is 12.5. The molecule has 0 saturated carbocycles. The molecule has 0 spiro atoms. The lowest BCUT2D eigenvalue weighted by Gasteiger charge is -2.19. The number of aliphatic carboxylic acids is 1. The smallest absolute Gasteiger partial charge is 0.316 e. The van der Waals surface area contributed by atoms with Gasteiger partial charge in [-0.05, 0) is 32.0 Å². The predicted molar refractivity (Wildman–Crippen MR) is 88.6 cm³/mol. The van der Waals surface area contributed by atoms with Gasteiger partial charge in [0.2, 0.25) is 10.0 Å². The molecule has 9 nitrogen and oxygen atoms in total. The summed E-state index contributed by atoms with van der Waals surface area (Å²) in [5.41, 5.74) is -0.705. The summed E-state index contributed by atoms with van der Waals surface area (Å²) in [6.45, 7) is 3.02. The van der Waals surface area contributed by atoms with Crippen molar-refractivity contribution >= 4 is 27.0 Å². The van der Waals surface area contributed by atoms with E-state index in [-0.39, 0.29) is 23.5 Å². The van der Waals surface area contributed by atoms with E-state index in [1.807, 2.05) is 0 Å². The molecular weight excluding hydrogens is 350 g/mol. The number of rotatable bonds is 6. The second kappa shape index (κ2) is 6.81. The number of hydrogen-bond donors (Lipinski definition) is 0. The first-order valence-electron chi connectivity index (χ1n) is 7.58. The van der Waals surface area contributed by atoms with Crippen LogP contribution in [0.5, 0.6) is 0 Å². The first-order valence-corrected chi connectivity index (χ1v) is 9.02. The van der Waals surface area contributed by atoms with Crippen molar-refractivity contribution in [3.63, 3.8) is 0 Å². The average molecular weight is 368 g/mol. The van der Waals surface area contributed by atoms with E-state index >= 15 is 0 Å². The highest BCUT2D eigenvalue weighted by atomic mass is 32.2. The fraction of sp³-hybridized carbons (Fsp3) is 0.400. The van der Waals surface area contributed by atoms with E-state index < -0.39 is 33.7 Å². The Bertz CT molecular complexity index is 1050. The van der Waals surface area contributed by atoms with Crippen LogP contribution in [0.25, 0.3) is 11.0 Å². The van der Waals surface area contributed by atoms with E-state index in [2.05, 4.69) is 0 Å². The van der Waals surface area contributed by atoms with E-state index in [1.54, 1.807) is 13.8 Å². The highest BCUT2D eigenvalue weighted by Crippen LogP contribution is 2.20. The predicted octanol–water partition coefficient (Wildman–Crippen LogP) is -1.43. The number of carboxylic acids is 1. The molecule has 0 unspecified atom stereocenters. The Morgan fingerprint density at radius 1 is 1.08 bits per heavy atom. The highest BCUT2D eigenvalue weighted by Gasteiger charge is 2.22. The summed E-state index contributed by atoms with van der Waals surface area (Å²) < 4.78 is 28.1. The topological polar surface area (TPSA) is 122 Å². The summed E-state index contributed by atoms with van der Waals surface area (Å²) in [7, 11) is -2.96. The first-order chi connectivity index (χ1) is 11.6. The Labute approximate surface area is 143 Å². The van der Waals surface area contributed by atoms with Crippen LogP contribution >= 0.6 is 0 Å². The van der Waals surface area contributed by atoms with Crippen molar-refractivity contribution in [3.8, 4) is 0 Å². The molecule has 25 heavy (non-hydrogen) atoms. The minimum atomic E-state index is -4.08. The number of carboxylic acid groups (broad SMARTS) is 1. The van der Waals surface area contributed by atoms with Gasteiger partial charge in [-0.1, -0.05) is 0 Å². The van der Waals surface area contributed by atoms with Crippen molar-refractivity contribution in [3.05, 3.63) is 38.9 Å². The normalized spacial score (nSPS) is 12.0. The Morgan fingerprint density at radius 2 is 1.60 bits per heavy atom. The van der Waals surface area contributed by atoms with Crippen molar-refractivity contribution < 1.29 is 18.3 Å². The van der Waals surface area contributed by atoms with Crippen LogP contribution in [0.4, 0.5) is 0 Å². The van der Waals surface area contributed by atoms with Crippen LogP contribution < -0.4 is 16.2 Å². The number of benzene rings is 1. The number of carbonyl (C=O) groups is 1. The summed E-state index contributed by atoms with van der Waals surface area (Å²) in [5, 5.41) is 10.7. The maximum Gasteiger partial charge on any atom is 0.316 e. The second-order valence-corrected chi connectivity index (χ2v) is 7.43. The van der Waals surface area contributed by atoms with Gasteiger partial charge in [0.1, 0.15) is 0 Å². The van der Waals surface area contributed by atoms with Gasteiger partial charge in [0.05, 0.1) is 28.4 Å². The lowest BCUT2D eigenvalue weighted by molar-refractivity contribution is -0.305. The van der Waals surface area contributed by atoms with Gasteiger partial charge >= 0.3 is 11.1 Å². The van der Waals surface area contributed by atoms with E-state index in [0.717, 1.165) is 7.05 Å². The molecule has 10 heteroatoms. The van der Waals surface area contributed by atoms with E-state index in [0.29, 0.717) is 9.82 Å². The van der Waals surface area contributed by atoms with Crippen molar-refractivity contribution in [1.29, 1.82) is 0 Å². The summed E-state index contributed by atoms with van der Waals surface area (Å²) >= 11 is 0. The second-order valence-electron chi connectivity index (χ2n) is 5.38. The highest BCUT2D eigenvalue weighted by molar-refractivity contribution is 7.89. The number of sulfonamides is 1. The van der Waals surface area contributed by atoms with Crippen molar-refractivity contribution in [2.75, 3.05) is 13.6 Å². The van der Waals surface area contributed by atoms with E-state index in [4.69, 9.17) is 0 Å². The zero-order valence-corrected chi connectivity index (χ0v) is 14.9. The number of likely N-dealkylation sites (N-methyl/N-ethyl adjacent to an activating group) is 1. The lowest BCUT2D eigenvalue weighted by Crippen LogP contribution is -2.41. The summed E-state index contributed by atoms with van der Waals surface area (Å²) in [5.74, 6) is -1.53. The quantitative estimate of drug-likeness (QED) is 0.577. The Hall–Kier alpha value is -2.46. The molecule has 0 N–H and O–H groups in total. The van der Waals surface area contributed by atoms with Gasteiger partial charge in [0.25, 0.3) is 0 Å². The molecule has 0 amide bonds. The van der Waals surface area contributed by atoms with Gasteiger partial charge in [-0.2, -0.15) is 4.31 Å². The largest absolute Gasteiger partial charge is 0.549 e. The van der Waals surface area contributed by atoms with Crippen LogP contribution in [0, 0.1) is 0 Å². The minimum absolute atomic E-state index is 0.174. The van der Waals surface area contributed by atoms with Crippen molar-refractivity contribution in [2.45, 2.75) is 31.8 Å².